The predicted molar refractivity (Wildman–Crippen MR) is 118 cm³/mol. The van der Waals surface area contributed by atoms with E-state index in [1.165, 1.54) is 6.07 Å². The number of fused-ring (bicyclic) bond motifs is 1. The van der Waals surface area contributed by atoms with Gasteiger partial charge in [0.25, 0.3) is 0 Å². The molecule has 0 aliphatic rings. The molecule has 0 amide bonds. The van der Waals surface area contributed by atoms with Crippen LogP contribution in [0.2, 0.25) is 5.02 Å². The second-order valence-corrected chi connectivity index (χ2v) is 7.09. The van der Waals surface area contributed by atoms with Crippen molar-refractivity contribution in [1.29, 1.82) is 0 Å². The molecule has 0 unspecified atom stereocenters. The van der Waals surface area contributed by atoms with Crippen LogP contribution in [0.25, 0.3) is 17.0 Å². The van der Waals surface area contributed by atoms with E-state index >= 15 is 0 Å². The number of halogens is 1. The Morgan fingerprint density at radius 2 is 1.73 bits per heavy atom. The Hall–Kier alpha value is -3.63. The Morgan fingerprint density at radius 1 is 0.967 bits per heavy atom. The molecule has 1 heterocycles. The highest BCUT2D eigenvalue weighted by molar-refractivity contribution is 6.31. The third-order valence-corrected chi connectivity index (χ3v) is 4.79. The van der Waals surface area contributed by atoms with Crippen molar-refractivity contribution in [1.82, 2.24) is 0 Å². The zero-order valence-electron chi connectivity index (χ0n) is 15.9. The number of ether oxygens (including phenoxy) is 1. The third-order valence-electron chi connectivity index (χ3n) is 4.55. The van der Waals surface area contributed by atoms with Gasteiger partial charge in [-0.15, -0.1) is 0 Å². The summed E-state index contributed by atoms with van der Waals surface area (Å²) in [6, 6.07) is 22.9. The first-order valence-electron chi connectivity index (χ1n) is 9.31. The number of benzene rings is 3. The molecular weight excluding hydrogens is 400 g/mol. The Bertz CT molecular complexity index is 1270. The quantitative estimate of drug-likeness (QED) is 0.222. The Kier molecular flexibility index (Phi) is 5.77. The molecule has 0 saturated carbocycles. The first-order chi connectivity index (χ1) is 14.6. The molecule has 4 aromatic rings. The van der Waals surface area contributed by atoms with Crippen molar-refractivity contribution in [2.45, 2.75) is 6.61 Å². The number of hydrogen-bond donors (Lipinski definition) is 0. The van der Waals surface area contributed by atoms with Gasteiger partial charge in [-0.3, -0.25) is 4.79 Å². The van der Waals surface area contributed by atoms with Gasteiger partial charge in [-0.25, -0.2) is 4.79 Å². The average molecular weight is 417 g/mol. The highest BCUT2D eigenvalue weighted by Crippen LogP contribution is 2.23. The van der Waals surface area contributed by atoms with E-state index in [2.05, 4.69) is 0 Å². The molecule has 3 aromatic carbocycles. The highest BCUT2D eigenvalue weighted by Gasteiger charge is 2.07. The number of carbonyl (C=O) groups is 1. The van der Waals surface area contributed by atoms with E-state index < -0.39 is 5.63 Å². The van der Waals surface area contributed by atoms with E-state index in [0.717, 1.165) is 10.9 Å². The molecule has 0 bridgehead atoms. The van der Waals surface area contributed by atoms with E-state index in [1.807, 2.05) is 42.5 Å². The fourth-order valence-corrected chi connectivity index (χ4v) is 3.20. The maximum absolute atomic E-state index is 12.1. The first kappa shape index (κ1) is 19.7. The van der Waals surface area contributed by atoms with Crippen LogP contribution < -0.4 is 10.4 Å². The summed E-state index contributed by atoms with van der Waals surface area (Å²) in [7, 11) is 0. The molecule has 0 saturated heterocycles. The van der Waals surface area contributed by atoms with Gasteiger partial charge < -0.3 is 9.15 Å². The average Bonchev–Trinajstić information content (AvgIpc) is 2.77. The van der Waals surface area contributed by atoms with Gasteiger partial charge in [0, 0.05) is 27.6 Å². The molecule has 4 nitrogen and oxygen atoms in total. The summed E-state index contributed by atoms with van der Waals surface area (Å²) < 4.78 is 11.0. The minimum atomic E-state index is -0.438. The fraction of sp³-hybridized carbons (Fsp3) is 0.0400. The summed E-state index contributed by atoms with van der Waals surface area (Å²) in [5.74, 6) is 0.592. The van der Waals surface area contributed by atoms with E-state index in [-0.39, 0.29) is 12.4 Å². The van der Waals surface area contributed by atoms with Gasteiger partial charge in [-0.1, -0.05) is 60.1 Å². The van der Waals surface area contributed by atoms with Crippen LogP contribution in [0.1, 0.15) is 21.5 Å². The lowest BCUT2D eigenvalue weighted by molar-refractivity contribution is 0.104. The molecule has 1 aromatic heterocycles. The zero-order valence-corrected chi connectivity index (χ0v) is 16.6. The molecular formula is C25H17ClO4. The molecule has 0 fully saturated rings. The SMILES string of the molecule is O=C(/C=C/c1ccc(OCc2cc(=O)oc3ccc(Cl)cc23)cc1)c1ccccc1. The standard InChI is InChI=1S/C25H17ClO4/c26-20-9-13-24-22(15-20)19(14-25(28)30-24)16-29-21-10-6-17(7-11-21)8-12-23(27)18-4-2-1-3-5-18/h1-15H,16H2/b12-8+. The van der Waals surface area contributed by atoms with Crippen molar-refractivity contribution >= 4 is 34.4 Å². The van der Waals surface area contributed by atoms with Gasteiger partial charge in [0.05, 0.1) is 0 Å². The monoisotopic (exact) mass is 416 g/mol. The van der Waals surface area contributed by atoms with Crippen LogP contribution in [0.3, 0.4) is 0 Å². The Balaban J connectivity index is 1.45. The van der Waals surface area contributed by atoms with E-state index in [4.69, 9.17) is 20.8 Å². The zero-order chi connectivity index (χ0) is 20.9. The van der Waals surface area contributed by atoms with Gasteiger partial charge >= 0.3 is 5.63 Å². The number of allylic oxidation sites excluding steroid dienone is 1. The molecule has 5 heteroatoms. The number of rotatable bonds is 6. The van der Waals surface area contributed by atoms with Crippen LogP contribution in [0.5, 0.6) is 5.75 Å². The Labute approximate surface area is 178 Å². The van der Waals surface area contributed by atoms with Crippen LogP contribution in [0.15, 0.2) is 94.2 Å². The smallest absolute Gasteiger partial charge is 0.336 e. The molecule has 0 spiro atoms. The molecule has 0 radical (unpaired) electrons. The summed E-state index contributed by atoms with van der Waals surface area (Å²) in [6.07, 6.45) is 3.31. The fourth-order valence-electron chi connectivity index (χ4n) is 3.03. The molecule has 0 N–H and O–H groups in total. The molecule has 4 rings (SSSR count). The van der Waals surface area contributed by atoms with Gasteiger partial charge in [0.2, 0.25) is 0 Å². The third kappa shape index (κ3) is 4.67. The molecule has 30 heavy (non-hydrogen) atoms. The normalized spacial score (nSPS) is 11.1. The second kappa shape index (κ2) is 8.80. The number of carbonyl (C=O) groups excluding carboxylic acids is 1. The van der Waals surface area contributed by atoms with Crippen molar-refractivity contribution in [3.05, 3.63) is 117 Å². The second-order valence-electron chi connectivity index (χ2n) is 6.65. The summed E-state index contributed by atoms with van der Waals surface area (Å²) in [5, 5.41) is 1.29. The maximum atomic E-state index is 12.1. The number of ketones is 1. The van der Waals surface area contributed by atoms with Crippen LogP contribution >= 0.6 is 11.6 Å². The van der Waals surface area contributed by atoms with Gasteiger partial charge in [0.15, 0.2) is 5.78 Å². The maximum Gasteiger partial charge on any atom is 0.336 e. The van der Waals surface area contributed by atoms with Crippen molar-refractivity contribution < 1.29 is 13.9 Å². The van der Waals surface area contributed by atoms with Gasteiger partial charge in [0.1, 0.15) is 17.9 Å². The van der Waals surface area contributed by atoms with Crippen molar-refractivity contribution in [3.8, 4) is 5.75 Å². The van der Waals surface area contributed by atoms with Crippen LogP contribution in [0.4, 0.5) is 0 Å². The van der Waals surface area contributed by atoms with E-state index in [0.29, 0.717) is 27.5 Å². The largest absolute Gasteiger partial charge is 0.489 e. The van der Waals surface area contributed by atoms with Crippen LogP contribution in [-0.2, 0) is 6.61 Å². The lowest BCUT2D eigenvalue weighted by Gasteiger charge is -2.09. The van der Waals surface area contributed by atoms with Gasteiger partial charge in [-0.2, -0.15) is 0 Å². The lowest BCUT2D eigenvalue weighted by Crippen LogP contribution is -2.04. The lowest BCUT2D eigenvalue weighted by atomic mass is 10.1. The van der Waals surface area contributed by atoms with E-state index in [9.17, 15) is 9.59 Å². The molecule has 0 atom stereocenters. The minimum absolute atomic E-state index is 0.0515. The summed E-state index contributed by atoms with van der Waals surface area (Å²) in [4.78, 5) is 23.9. The topological polar surface area (TPSA) is 56.5 Å². The summed E-state index contributed by atoms with van der Waals surface area (Å²) in [5.41, 5.74) is 2.25. The van der Waals surface area contributed by atoms with Crippen LogP contribution in [-0.4, -0.2) is 5.78 Å². The van der Waals surface area contributed by atoms with Crippen LogP contribution in [0, 0.1) is 0 Å². The minimum Gasteiger partial charge on any atom is -0.489 e. The van der Waals surface area contributed by atoms with E-state index in [1.54, 1.807) is 42.5 Å². The predicted octanol–water partition coefficient (Wildman–Crippen LogP) is 5.92. The molecule has 0 aliphatic heterocycles. The highest BCUT2D eigenvalue weighted by atomic mass is 35.5. The van der Waals surface area contributed by atoms with Crippen molar-refractivity contribution in [2.75, 3.05) is 0 Å². The first-order valence-corrected chi connectivity index (χ1v) is 9.69. The number of hydrogen-bond acceptors (Lipinski definition) is 4. The van der Waals surface area contributed by atoms with Gasteiger partial charge in [-0.05, 0) is 42.0 Å². The van der Waals surface area contributed by atoms with Crippen molar-refractivity contribution in [3.63, 3.8) is 0 Å². The van der Waals surface area contributed by atoms with Crippen molar-refractivity contribution in [2.24, 2.45) is 0 Å². The summed E-state index contributed by atoms with van der Waals surface area (Å²) >= 11 is 6.07. The molecule has 148 valence electrons. The summed E-state index contributed by atoms with van der Waals surface area (Å²) in [6.45, 7) is 0.199. The Morgan fingerprint density at radius 3 is 2.50 bits per heavy atom. The molecule has 0 aliphatic carbocycles.